The number of hydrogen-bond donors (Lipinski definition) is 2. The second kappa shape index (κ2) is 5.55. The Hall–Kier alpha value is -1.32. The van der Waals surface area contributed by atoms with Crippen LogP contribution in [0.4, 0.5) is 11.6 Å². The minimum absolute atomic E-state index is 0.410. The van der Waals surface area contributed by atoms with E-state index in [9.17, 15) is 0 Å². The normalized spacial score (nSPS) is 23.4. The Kier molecular flexibility index (Phi) is 4.04. The van der Waals surface area contributed by atoms with Crippen molar-refractivity contribution in [3.05, 3.63) is 11.9 Å². The first-order chi connectivity index (χ1) is 8.63. The molecule has 1 heterocycles. The molecule has 0 aromatic carbocycles. The van der Waals surface area contributed by atoms with Crippen molar-refractivity contribution in [1.29, 1.82) is 0 Å². The first kappa shape index (κ1) is 13.1. The van der Waals surface area contributed by atoms with Crippen LogP contribution >= 0.6 is 0 Å². The highest BCUT2D eigenvalue weighted by molar-refractivity contribution is 5.59. The number of hydrogen-bond acceptors (Lipinski definition) is 4. The van der Waals surface area contributed by atoms with Crippen molar-refractivity contribution in [2.75, 3.05) is 17.7 Å². The van der Waals surface area contributed by atoms with Crippen molar-refractivity contribution >= 4 is 11.6 Å². The van der Waals surface area contributed by atoms with Gasteiger partial charge >= 0.3 is 0 Å². The van der Waals surface area contributed by atoms with Crippen molar-refractivity contribution in [3.8, 4) is 0 Å². The molecule has 4 nitrogen and oxygen atoms in total. The van der Waals surface area contributed by atoms with E-state index in [1.807, 2.05) is 7.05 Å². The topological polar surface area (TPSA) is 49.8 Å². The molecule has 0 aliphatic heterocycles. The fourth-order valence-electron chi connectivity index (χ4n) is 2.79. The van der Waals surface area contributed by atoms with Gasteiger partial charge in [0, 0.05) is 18.7 Å². The molecule has 1 saturated carbocycles. The molecule has 1 aromatic heterocycles. The lowest BCUT2D eigenvalue weighted by molar-refractivity contribution is 0.553. The summed E-state index contributed by atoms with van der Waals surface area (Å²) in [6.45, 7) is 6.69. The minimum atomic E-state index is 0.410. The van der Waals surface area contributed by atoms with Gasteiger partial charge in [0.1, 0.15) is 18.0 Å². The lowest BCUT2D eigenvalue weighted by Crippen LogP contribution is -2.24. The van der Waals surface area contributed by atoms with Crippen molar-refractivity contribution in [2.24, 2.45) is 5.92 Å². The molecule has 0 saturated heterocycles. The van der Waals surface area contributed by atoms with E-state index in [0.29, 0.717) is 12.0 Å². The summed E-state index contributed by atoms with van der Waals surface area (Å²) in [5, 5.41) is 6.79. The molecule has 100 valence electrons. The third-order valence-corrected chi connectivity index (χ3v) is 3.88. The van der Waals surface area contributed by atoms with Gasteiger partial charge in [-0.2, -0.15) is 0 Å². The third-order valence-electron chi connectivity index (χ3n) is 3.88. The summed E-state index contributed by atoms with van der Waals surface area (Å²) in [6.07, 6.45) is 5.52. The predicted octanol–water partition coefficient (Wildman–Crippen LogP) is 3.24. The third kappa shape index (κ3) is 2.57. The lowest BCUT2D eigenvalue weighted by atomic mass is 10.0. The molecule has 1 aliphatic carbocycles. The Morgan fingerprint density at radius 2 is 1.94 bits per heavy atom. The van der Waals surface area contributed by atoms with E-state index in [-0.39, 0.29) is 0 Å². The average Bonchev–Trinajstić information content (AvgIpc) is 2.74. The number of nitrogens with zero attached hydrogens (tertiary/aromatic N) is 2. The van der Waals surface area contributed by atoms with Crippen LogP contribution < -0.4 is 10.6 Å². The van der Waals surface area contributed by atoms with E-state index in [4.69, 9.17) is 0 Å². The second-order valence-electron chi connectivity index (χ2n) is 5.55. The van der Waals surface area contributed by atoms with Crippen LogP contribution in [0.5, 0.6) is 0 Å². The Morgan fingerprint density at radius 3 is 2.50 bits per heavy atom. The summed E-state index contributed by atoms with van der Waals surface area (Å²) in [5.41, 5.74) is 1.19. The molecule has 2 atom stereocenters. The van der Waals surface area contributed by atoms with E-state index in [0.717, 1.165) is 17.6 Å². The molecule has 0 spiro atoms. The first-order valence-electron chi connectivity index (χ1n) is 6.92. The van der Waals surface area contributed by atoms with E-state index in [1.165, 1.54) is 24.8 Å². The highest BCUT2D eigenvalue weighted by atomic mass is 15.1. The Bertz CT molecular complexity index is 403. The van der Waals surface area contributed by atoms with E-state index in [1.54, 1.807) is 6.33 Å². The molecule has 1 aliphatic rings. The van der Waals surface area contributed by atoms with Crippen molar-refractivity contribution in [3.63, 3.8) is 0 Å². The van der Waals surface area contributed by atoms with Gasteiger partial charge in [0.2, 0.25) is 0 Å². The van der Waals surface area contributed by atoms with Crippen LogP contribution in [0.3, 0.4) is 0 Å². The largest absolute Gasteiger partial charge is 0.373 e. The summed E-state index contributed by atoms with van der Waals surface area (Å²) < 4.78 is 0. The van der Waals surface area contributed by atoms with Crippen molar-refractivity contribution in [2.45, 2.75) is 52.0 Å². The SMILES string of the molecule is CNc1ncnc(NC2CCCC2C)c1C(C)C. The molecule has 4 heteroatoms. The number of nitrogens with one attached hydrogen (secondary N) is 2. The van der Waals surface area contributed by atoms with Gasteiger partial charge in [0.05, 0.1) is 0 Å². The van der Waals surface area contributed by atoms with Gasteiger partial charge in [-0.05, 0) is 24.7 Å². The standard InChI is InChI=1S/C14H24N4/c1-9(2)12-13(15-4)16-8-17-14(12)18-11-7-5-6-10(11)3/h8-11H,5-7H2,1-4H3,(H2,15,16,17,18). The molecule has 2 N–H and O–H groups in total. The van der Waals surface area contributed by atoms with Gasteiger partial charge in [-0.1, -0.05) is 27.2 Å². The molecule has 1 fully saturated rings. The predicted molar refractivity (Wildman–Crippen MR) is 76.1 cm³/mol. The zero-order valence-electron chi connectivity index (χ0n) is 11.8. The summed E-state index contributed by atoms with van der Waals surface area (Å²) in [7, 11) is 1.91. The van der Waals surface area contributed by atoms with Gasteiger partial charge in [-0.25, -0.2) is 9.97 Å². The van der Waals surface area contributed by atoms with Gasteiger partial charge in [-0.3, -0.25) is 0 Å². The van der Waals surface area contributed by atoms with Crippen molar-refractivity contribution in [1.82, 2.24) is 9.97 Å². The van der Waals surface area contributed by atoms with E-state index in [2.05, 4.69) is 41.4 Å². The van der Waals surface area contributed by atoms with E-state index < -0.39 is 0 Å². The van der Waals surface area contributed by atoms with Crippen LogP contribution in [-0.4, -0.2) is 23.1 Å². The maximum atomic E-state index is 4.44. The molecule has 2 unspecified atom stereocenters. The van der Waals surface area contributed by atoms with Gasteiger partial charge in [0.15, 0.2) is 0 Å². The lowest BCUT2D eigenvalue weighted by Gasteiger charge is -2.22. The molecule has 0 bridgehead atoms. The molecule has 1 aromatic rings. The first-order valence-corrected chi connectivity index (χ1v) is 6.92. The highest BCUT2D eigenvalue weighted by Gasteiger charge is 2.25. The fraction of sp³-hybridized carbons (Fsp3) is 0.714. The molecular formula is C14H24N4. The maximum Gasteiger partial charge on any atom is 0.135 e. The van der Waals surface area contributed by atoms with Crippen LogP contribution in [0.15, 0.2) is 6.33 Å². The Morgan fingerprint density at radius 1 is 1.22 bits per heavy atom. The second-order valence-corrected chi connectivity index (χ2v) is 5.55. The Labute approximate surface area is 110 Å². The Balaban J connectivity index is 2.26. The zero-order valence-corrected chi connectivity index (χ0v) is 11.8. The molecule has 18 heavy (non-hydrogen) atoms. The molecular weight excluding hydrogens is 224 g/mol. The fourth-order valence-corrected chi connectivity index (χ4v) is 2.79. The summed E-state index contributed by atoms with van der Waals surface area (Å²) in [6, 6.07) is 0.558. The van der Waals surface area contributed by atoms with Gasteiger partial charge < -0.3 is 10.6 Å². The molecule has 2 rings (SSSR count). The number of aromatic nitrogens is 2. The quantitative estimate of drug-likeness (QED) is 0.859. The van der Waals surface area contributed by atoms with Crippen LogP contribution in [-0.2, 0) is 0 Å². The molecule has 0 amide bonds. The number of rotatable bonds is 4. The molecule has 0 radical (unpaired) electrons. The smallest absolute Gasteiger partial charge is 0.135 e. The summed E-state index contributed by atoms with van der Waals surface area (Å²) in [4.78, 5) is 8.75. The average molecular weight is 248 g/mol. The van der Waals surface area contributed by atoms with Crippen LogP contribution in [0, 0.1) is 5.92 Å². The summed E-state index contributed by atoms with van der Waals surface area (Å²) in [5.74, 6) is 3.09. The van der Waals surface area contributed by atoms with Crippen LogP contribution in [0.2, 0.25) is 0 Å². The monoisotopic (exact) mass is 248 g/mol. The summed E-state index contributed by atoms with van der Waals surface area (Å²) >= 11 is 0. The maximum absolute atomic E-state index is 4.44. The van der Waals surface area contributed by atoms with Gasteiger partial charge in [-0.15, -0.1) is 0 Å². The highest BCUT2D eigenvalue weighted by Crippen LogP contribution is 2.32. The van der Waals surface area contributed by atoms with Crippen LogP contribution in [0.25, 0.3) is 0 Å². The number of anilines is 2. The minimum Gasteiger partial charge on any atom is -0.373 e. The van der Waals surface area contributed by atoms with Gasteiger partial charge in [0.25, 0.3) is 0 Å². The van der Waals surface area contributed by atoms with E-state index >= 15 is 0 Å². The van der Waals surface area contributed by atoms with Crippen molar-refractivity contribution < 1.29 is 0 Å². The zero-order chi connectivity index (χ0) is 13.1. The van der Waals surface area contributed by atoms with Crippen LogP contribution in [0.1, 0.15) is 51.5 Å².